The largest absolute Gasteiger partial charge is 0.479 e. The standard InChI is InChI=1S/C24H29N3O5S/c1-15-6-8-18(9-7-15)13-25-24(29)19-5-4-10-27(14-19)33(30,31)22-12-21-20(11-16(22)2)26-23(28)17(3)32-21/h6-9,11-12,17,19H,4-5,10,13-14H2,1-3H3,(H,25,29)(H,26,28)/t17-,19+/m1/s1. The Labute approximate surface area is 194 Å². The molecule has 8 nitrogen and oxygen atoms in total. The molecule has 176 valence electrons. The molecule has 0 aromatic heterocycles. The molecule has 0 bridgehead atoms. The molecule has 33 heavy (non-hydrogen) atoms. The molecule has 2 aliphatic heterocycles. The number of ether oxygens (including phenoxy) is 1. The second-order valence-corrected chi connectivity index (χ2v) is 10.7. The summed E-state index contributed by atoms with van der Waals surface area (Å²) in [7, 11) is -3.83. The lowest BCUT2D eigenvalue weighted by Gasteiger charge is -2.32. The molecular formula is C24H29N3O5S. The van der Waals surface area contributed by atoms with Crippen molar-refractivity contribution in [3.05, 3.63) is 53.1 Å². The van der Waals surface area contributed by atoms with Crippen molar-refractivity contribution in [1.29, 1.82) is 0 Å². The number of piperidine rings is 1. The van der Waals surface area contributed by atoms with Gasteiger partial charge in [0.2, 0.25) is 15.9 Å². The van der Waals surface area contributed by atoms with Gasteiger partial charge in [-0.1, -0.05) is 29.8 Å². The highest BCUT2D eigenvalue weighted by molar-refractivity contribution is 7.89. The van der Waals surface area contributed by atoms with Crippen LogP contribution in [0.4, 0.5) is 5.69 Å². The first-order valence-corrected chi connectivity index (χ1v) is 12.5. The van der Waals surface area contributed by atoms with Crippen LogP contribution >= 0.6 is 0 Å². The topological polar surface area (TPSA) is 105 Å². The molecule has 0 unspecified atom stereocenters. The Balaban J connectivity index is 1.48. The molecule has 4 rings (SSSR count). The number of nitrogens with zero attached hydrogens (tertiary/aromatic N) is 1. The molecule has 2 aromatic carbocycles. The van der Waals surface area contributed by atoms with Gasteiger partial charge in [0.25, 0.3) is 5.91 Å². The van der Waals surface area contributed by atoms with Crippen molar-refractivity contribution >= 4 is 27.5 Å². The first-order valence-electron chi connectivity index (χ1n) is 11.1. The van der Waals surface area contributed by atoms with Crippen LogP contribution < -0.4 is 15.4 Å². The van der Waals surface area contributed by atoms with Crippen LogP contribution in [0.2, 0.25) is 0 Å². The van der Waals surface area contributed by atoms with Gasteiger partial charge in [0, 0.05) is 25.7 Å². The fourth-order valence-corrected chi connectivity index (χ4v) is 5.92. The molecule has 9 heteroatoms. The zero-order valence-electron chi connectivity index (χ0n) is 19.1. The van der Waals surface area contributed by atoms with Crippen molar-refractivity contribution in [3.63, 3.8) is 0 Å². The average Bonchev–Trinajstić information content (AvgIpc) is 2.79. The van der Waals surface area contributed by atoms with Gasteiger partial charge in [0.1, 0.15) is 5.75 Å². The van der Waals surface area contributed by atoms with Crippen LogP contribution in [0.3, 0.4) is 0 Å². The maximum Gasteiger partial charge on any atom is 0.265 e. The predicted molar refractivity (Wildman–Crippen MR) is 124 cm³/mol. The summed E-state index contributed by atoms with van der Waals surface area (Å²) in [4.78, 5) is 24.8. The van der Waals surface area contributed by atoms with E-state index in [0.717, 1.165) is 11.1 Å². The van der Waals surface area contributed by atoms with Crippen LogP contribution in [0.15, 0.2) is 41.3 Å². The molecule has 2 N–H and O–H groups in total. The van der Waals surface area contributed by atoms with E-state index >= 15 is 0 Å². The molecule has 2 atom stereocenters. The van der Waals surface area contributed by atoms with Crippen LogP contribution in [0, 0.1) is 19.8 Å². The number of rotatable bonds is 5. The van der Waals surface area contributed by atoms with Gasteiger partial charge in [-0.2, -0.15) is 4.31 Å². The van der Waals surface area contributed by atoms with Crippen molar-refractivity contribution in [1.82, 2.24) is 9.62 Å². The number of amides is 2. The third-order valence-corrected chi connectivity index (χ3v) is 8.18. The highest BCUT2D eigenvalue weighted by Crippen LogP contribution is 2.36. The summed E-state index contributed by atoms with van der Waals surface area (Å²) in [5, 5.41) is 5.68. The van der Waals surface area contributed by atoms with Gasteiger partial charge >= 0.3 is 0 Å². The van der Waals surface area contributed by atoms with Gasteiger partial charge in [-0.25, -0.2) is 8.42 Å². The molecule has 0 radical (unpaired) electrons. The molecule has 1 saturated heterocycles. The number of benzene rings is 2. The number of aryl methyl sites for hydroxylation is 2. The Bertz CT molecular complexity index is 1180. The van der Waals surface area contributed by atoms with Gasteiger partial charge < -0.3 is 15.4 Å². The monoisotopic (exact) mass is 471 g/mol. The molecule has 2 amide bonds. The summed E-state index contributed by atoms with van der Waals surface area (Å²) in [5.74, 6) is -0.492. The lowest BCUT2D eigenvalue weighted by molar-refractivity contribution is -0.126. The maximum atomic E-state index is 13.5. The lowest BCUT2D eigenvalue weighted by Crippen LogP contribution is -2.45. The second-order valence-electron chi connectivity index (χ2n) is 8.77. The molecule has 1 fully saturated rings. The molecule has 0 aliphatic carbocycles. The fourth-order valence-electron chi connectivity index (χ4n) is 4.17. The van der Waals surface area contributed by atoms with E-state index in [1.54, 1.807) is 19.9 Å². The molecule has 2 heterocycles. The first-order chi connectivity index (χ1) is 15.6. The van der Waals surface area contributed by atoms with E-state index in [1.165, 1.54) is 10.4 Å². The van der Waals surface area contributed by atoms with E-state index < -0.39 is 22.0 Å². The number of sulfonamides is 1. The Kier molecular flexibility index (Phi) is 6.45. The SMILES string of the molecule is Cc1ccc(CNC(=O)[C@H]2CCCN(S(=O)(=O)c3cc4c(cc3C)NC(=O)[C@@H](C)O4)C2)cc1. The minimum absolute atomic E-state index is 0.130. The van der Waals surface area contributed by atoms with E-state index in [4.69, 9.17) is 4.74 Å². The lowest BCUT2D eigenvalue weighted by atomic mass is 9.98. The van der Waals surface area contributed by atoms with Gasteiger partial charge in [0.05, 0.1) is 16.5 Å². The molecule has 2 aliphatic rings. The first kappa shape index (κ1) is 23.3. The summed E-state index contributed by atoms with van der Waals surface area (Å²) < 4.78 is 33.9. The van der Waals surface area contributed by atoms with Crippen molar-refractivity contribution < 1.29 is 22.7 Å². The highest BCUT2D eigenvalue weighted by atomic mass is 32.2. The second kappa shape index (κ2) is 9.15. The summed E-state index contributed by atoms with van der Waals surface area (Å²) in [6.07, 6.45) is 0.546. The Morgan fingerprint density at radius 2 is 1.94 bits per heavy atom. The van der Waals surface area contributed by atoms with E-state index in [9.17, 15) is 18.0 Å². The number of nitrogens with one attached hydrogen (secondary N) is 2. The third-order valence-electron chi connectivity index (χ3n) is 6.17. The minimum atomic E-state index is -3.83. The minimum Gasteiger partial charge on any atom is -0.479 e. The molecule has 2 aromatic rings. The number of hydrogen-bond donors (Lipinski definition) is 2. The third kappa shape index (κ3) is 4.89. The van der Waals surface area contributed by atoms with Gasteiger partial charge in [0.15, 0.2) is 6.10 Å². The van der Waals surface area contributed by atoms with Crippen molar-refractivity contribution in [2.45, 2.75) is 51.2 Å². The summed E-state index contributed by atoms with van der Waals surface area (Å²) in [5.41, 5.74) is 3.12. The van der Waals surface area contributed by atoms with Crippen molar-refractivity contribution in [2.24, 2.45) is 5.92 Å². The molecule has 0 saturated carbocycles. The van der Waals surface area contributed by atoms with Crippen LogP contribution in [0.1, 0.15) is 36.5 Å². The van der Waals surface area contributed by atoms with E-state index in [-0.39, 0.29) is 23.3 Å². The van der Waals surface area contributed by atoms with Crippen molar-refractivity contribution in [2.75, 3.05) is 18.4 Å². The molecule has 0 spiro atoms. The van der Waals surface area contributed by atoms with Crippen LogP contribution in [0.25, 0.3) is 0 Å². The summed E-state index contributed by atoms with van der Waals surface area (Å²) in [6, 6.07) is 11.0. The Hall–Kier alpha value is -2.91. The number of carbonyl (C=O) groups excluding carboxylic acids is 2. The Morgan fingerprint density at radius 1 is 1.21 bits per heavy atom. The smallest absolute Gasteiger partial charge is 0.265 e. The quantitative estimate of drug-likeness (QED) is 0.698. The van der Waals surface area contributed by atoms with Crippen molar-refractivity contribution in [3.8, 4) is 5.75 Å². The number of anilines is 1. The fraction of sp³-hybridized carbons (Fsp3) is 0.417. The van der Waals surface area contributed by atoms with E-state index in [1.807, 2.05) is 31.2 Å². The zero-order valence-corrected chi connectivity index (χ0v) is 19.9. The van der Waals surface area contributed by atoms with E-state index in [0.29, 0.717) is 42.9 Å². The average molecular weight is 472 g/mol. The van der Waals surface area contributed by atoms with Gasteiger partial charge in [-0.05, 0) is 50.8 Å². The van der Waals surface area contributed by atoms with E-state index in [2.05, 4.69) is 10.6 Å². The number of hydrogen-bond acceptors (Lipinski definition) is 5. The number of fused-ring (bicyclic) bond motifs is 1. The van der Waals surface area contributed by atoms with Crippen LogP contribution in [-0.4, -0.2) is 43.7 Å². The zero-order chi connectivity index (χ0) is 23.8. The van der Waals surface area contributed by atoms with Crippen LogP contribution in [-0.2, 0) is 26.2 Å². The summed E-state index contributed by atoms with van der Waals surface area (Å²) >= 11 is 0. The van der Waals surface area contributed by atoms with Crippen LogP contribution in [0.5, 0.6) is 5.75 Å². The Morgan fingerprint density at radius 3 is 2.67 bits per heavy atom. The predicted octanol–water partition coefficient (Wildman–Crippen LogP) is 2.74. The maximum absolute atomic E-state index is 13.5. The van der Waals surface area contributed by atoms with Gasteiger partial charge in [-0.15, -0.1) is 0 Å². The number of carbonyl (C=O) groups is 2. The van der Waals surface area contributed by atoms with Gasteiger partial charge in [-0.3, -0.25) is 9.59 Å². The molecular weight excluding hydrogens is 442 g/mol. The normalized spacial score (nSPS) is 21.0. The highest BCUT2D eigenvalue weighted by Gasteiger charge is 2.35. The summed E-state index contributed by atoms with van der Waals surface area (Å²) in [6.45, 7) is 6.20.